The Labute approximate surface area is 142 Å². The zero-order valence-corrected chi connectivity index (χ0v) is 14.7. The number of fused-ring (bicyclic) bond motifs is 1. The number of nitrogens with two attached hydrogens (primary N) is 1. The second-order valence-corrected chi connectivity index (χ2v) is 8.12. The Morgan fingerprint density at radius 2 is 1.83 bits per heavy atom. The van der Waals surface area contributed by atoms with E-state index in [0.717, 1.165) is 10.9 Å². The lowest BCUT2D eigenvalue weighted by molar-refractivity contribution is 0.178. The number of sulfonamides is 1. The monoisotopic (exact) mass is 349 g/mol. The van der Waals surface area contributed by atoms with Crippen molar-refractivity contribution in [1.29, 1.82) is 0 Å². The maximum Gasteiger partial charge on any atom is 0.214 e. The van der Waals surface area contributed by atoms with Gasteiger partial charge in [-0.1, -0.05) is 19.1 Å². The van der Waals surface area contributed by atoms with Crippen molar-refractivity contribution in [2.45, 2.75) is 19.9 Å². The first kappa shape index (κ1) is 17.1. The highest BCUT2D eigenvalue weighted by atomic mass is 32.2. The Kier molecular flexibility index (Phi) is 4.98. The maximum absolute atomic E-state index is 12.1. The first-order chi connectivity index (χ1) is 11.5. The standard InChI is InChI=1S/C16H23N5O2S/c1-2-11-24(22,23)21-9-7-20(8-10-21)12-15-18-14-6-4-3-5-13(14)16(17)19-15/h3-6H,2,7-12H2,1H3,(H2,17,18,19). The summed E-state index contributed by atoms with van der Waals surface area (Å²) in [6, 6.07) is 7.67. The molecule has 1 aromatic carbocycles. The molecule has 1 aliphatic heterocycles. The topological polar surface area (TPSA) is 92.4 Å². The van der Waals surface area contributed by atoms with E-state index in [1.165, 1.54) is 0 Å². The van der Waals surface area contributed by atoms with Crippen LogP contribution < -0.4 is 5.73 Å². The molecule has 0 atom stereocenters. The highest BCUT2D eigenvalue weighted by Gasteiger charge is 2.26. The Bertz CT molecular complexity index is 816. The zero-order chi connectivity index (χ0) is 17.2. The molecule has 2 aromatic rings. The van der Waals surface area contributed by atoms with E-state index in [4.69, 9.17) is 5.73 Å². The number of aromatic nitrogens is 2. The van der Waals surface area contributed by atoms with Crippen molar-refractivity contribution in [1.82, 2.24) is 19.2 Å². The van der Waals surface area contributed by atoms with Crippen LogP contribution >= 0.6 is 0 Å². The Hall–Kier alpha value is -1.77. The molecule has 7 nitrogen and oxygen atoms in total. The van der Waals surface area contributed by atoms with Crippen LogP contribution in [0.3, 0.4) is 0 Å². The van der Waals surface area contributed by atoms with Crippen LogP contribution in [0.15, 0.2) is 24.3 Å². The molecule has 130 valence electrons. The maximum atomic E-state index is 12.1. The third-order valence-electron chi connectivity index (χ3n) is 4.23. The van der Waals surface area contributed by atoms with Gasteiger partial charge in [-0.3, -0.25) is 4.90 Å². The summed E-state index contributed by atoms with van der Waals surface area (Å²) in [5, 5.41) is 0.858. The van der Waals surface area contributed by atoms with Crippen molar-refractivity contribution in [2.75, 3.05) is 37.7 Å². The van der Waals surface area contributed by atoms with Gasteiger partial charge in [-0.05, 0) is 18.6 Å². The van der Waals surface area contributed by atoms with E-state index >= 15 is 0 Å². The van der Waals surface area contributed by atoms with Crippen molar-refractivity contribution in [3.63, 3.8) is 0 Å². The highest BCUT2D eigenvalue weighted by molar-refractivity contribution is 7.89. The first-order valence-electron chi connectivity index (χ1n) is 8.21. The molecule has 1 saturated heterocycles. The van der Waals surface area contributed by atoms with Gasteiger partial charge in [-0.25, -0.2) is 18.4 Å². The van der Waals surface area contributed by atoms with E-state index in [1.54, 1.807) is 4.31 Å². The Balaban J connectivity index is 1.66. The molecule has 0 saturated carbocycles. The van der Waals surface area contributed by atoms with Crippen molar-refractivity contribution in [3.8, 4) is 0 Å². The quantitative estimate of drug-likeness (QED) is 0.868. The summed E-state index contributed by atoms with van der Waals surface area (Å²) in [5.41, 5.74) is 6.85. The fourth-order valence-electron chi connectivity index (χ4n) is 2.97. The predicted molar refractivity (Wildman–Crippen MR) is 94.9 cm³/mol. The lowest BCUT2D eigenvalue weighted by Crippen LogP contribution is -2.48. The van der Waals surface area contributed by atoms with Crippen molar-refractivity contribution in [2.24, 2.45) is 0 Å². The molecule has 0 spiro atoms. The van der Waals surface area contributed by atoms with Gasteiger partial charge >= 0.3 is 0 Å². The van der Waals surface area contributed by atoms with Gasteiger partial charge in [0.15, 0.2) is 0 Å². The number of hydrogen-bond donors (Lipinski definition) is 1. The van der Waals surface area contributed by atoms with E-state index in [-0.39, 0.29) is 5.75 Å². The molecule has 2 N–H and O–H groups in total. The molecule has 0 radical (unpaired) electrons. The number of piperazine rings is 1. The largest absolute Gasteiger partial charge is 0.383 e. The minimum Gasteiger partial charge on any atom is -0.383 e. The van der Waals surface area contributed by atoms with Gasteiger partial charge in [0.25, 0.3) is 0 Å². The van der Waals surface area contributed by atoms with Gasteiger partial charge in [0.2, 0.25) is 10.0 Å². The number of nitrogens with zero attached hydrogens (tertiary/aromatic N) is 4. The molecule has 1 aromatic heterocycles. The molecule has 1 fully saturated rings. The SMILES string of the molecule is CCCS(=O)(=O)N1CCN(Cc2nc(N)c3ccccc3n2)CC1. The summed E-state index contributed by atoms with van der Waals surface area (Å²) >= 11 is 0. The molecule has 0 bridgehead atoms. The first-order valence-corrected chi connectivity index (χ1v) is 9.82. The van der Waals surface area contributed by atoms with Crippen LogP contribution in [0.5, 0.6) is 0 Å². The summed E-state index contributed by atoms with van der Waals surface area (Å²) in [7, 11) is -3.11. The van der Waals surface area contributed by atoms with E-state index in [1.807, 2.05) is 31.2 Å². The average molecular weight is 349 g/mol. The minimum atomic E-state index is -3.11. The molecule has 8 heteroatoms. The van der Waals surface area contributed by atoms with Gasteiger partial charge in [-0.2, -0.15) is 4.31 Å². The van der Waals surface area contributed by atoms with Crippen molar-refractivity contribution < 1.29 is 8.42 Å². The average Bonchev–Trinajstić information content (AvgIpc) is 2.55. The molecular weight excluding hydrogens is 326 g/mol. The summed E-state index contributed by atoms with van der Waals surface area (Å²) in [5.74, 6) is 1.38. The fraction of sp³-hybridized carbons (Fsp3) is 0.500. The number of benzene rings is 1. The van der Waals surface area contributed by atoms with Crippen LogP contribution in [0, 0.1) is 0 Å². The normalized spacial score (nSPS) is 17.4. The van der Waals surface area contributed by atoms with Crippen LogP contribution in [0.2, 0.25) is 0 Å². The minimum absolute atomic E-state index is 0.220. The summed E-state index contributed by atoms with van der Waals surface area (Å²) in [4.78, 5) is 11.1. The third-order valence-corrected chi connectivity index (χ3v) is 6.31. The second-order valence-electron chi connectivity index (χ2n) is 6.03. The van der Waals surface area contributed by atoms with Gasteiger partial charge in [0.05, 0.1) is 17.8 Å². The number of hydrogen-bond acceptors (Lipinski definition) is 6. The van der Waals surface area contributed by atoms with E-state index in [2.05, 4.69) is 14.9 Å². The van der Waals surface area contributed by atoms with E-state index in [9.17, 15) is 8.42 Å². The van der Waals surface area contributed by atoms with Gasteiger partial charge in [-0.15, -0.1) is 0 Å². The number of anilines is 1. The van der Waals surface area contributed by atoms with Gasteiger partial charge in [0, 0.05) is 31.6 Å². The van der Waals surface area contributed by atoms with Crippen LogP contribution in [0.25, 0.3) is 10.9 Å². The molecule has 24 heavy (non-hydrogen) atoms. The zero-order valence-electron chi connectivity index (χ0n) is 13.9. The van der Waals surface area contributed by atoms with Crippen LogP contribution in [0.4, 0.5) is 5.82 Å². The molecule has 0 aliphatic carbocycles. The van der Waals surface area contributed by atoms with Crippen LogP contribution in [-0.4, -0.2) is 59.5 Å². The fourth-order valence-corrected chi connectivity index (χ4v) is 4.47. The second kappa shape index (κ2) is 7.00. The Morgan fingerprint density at radius 3 is 2.54 bits per heavy atom. The number of nitrogen functional groups attached to an aromatic ring is 1. The summed E-state index contributed by atoms with van der Waals surface area (Å²) in [6.07, 6.45) is 0.646. The number of para-hydroxylation sites is 1. The molecule has 1 aliphatic rings. The van der Waals surface area contributed by atoms with Crippen LogP contribution in [-0.2, 0) is 16.6 Å². The molecule has 0 amide bonds. The molecule has 0 unspecified atom stereocenters. The van der Waals surface area contributed by atoms with Crippen molar-refractivity contribution in [3.05, 3.63) is 30.1 Å². The van der Waals surface area contributed by atoms with Gasteiger partial charge in [0.1, 0.15) is 11.6 Å². The number of rotatable bonds is 5. The Morgan fingerprint density at radius 1 is 1.12 bits per heavy atom. The van der Waals surface area contributed by atoms with Crippen molar-refractivity contribution >= 4 is 26.7 Å². The molecule has 2 heterocycles. The van der Waals surface area contributed by atoms with E-state index < -0.39 is 10.0 Å². The lowest BCUT2D eigenvalue weighted by atomic mass is 10.2. The van der Waals surface area contributed by atoms with Gasteiger partial charge < -0.3 is 5.73 Å². The third kappa shape index (κ3) is 3.66. The smallest absolute Gasteiger partial charge is 0.214 e. The summed E-state index contributed by atoms with van der Waals surface area (Å²) < 4.78 is 25.8. The van der Waals surface area contributed by atoms with E-state index in [0.29, 0.717) is 50.8 Å². The molecule has 3 rings (SSSR count). The highest BCUT2D eigenvalue weighted by Crippen LogP contribution is 2.18. The predicted octanol–water partition coefficient (Wildman–Crippen LogP) is 1.07. The molecular formula is C16H23N5O2S. The summed E-state index contributed by atoms with van der Waals surface area (Å²) in [6.45, 7) is 4.86. The lowest BCUT2D eigenvalue weighted by Gasteiger charge is -2.33. The van der Waals surface area contributed by atoms with Crippen LogP contribution in [0.1, 0.15) is 19.2 Å².